The van der Waals surface area contributed by atoms with Crippen LogP contribution >= 0.6 is 12.4 Å². The quantitative estimate of drug-likeness (QED) is 0.710. The number of aliphatic hydroxyl groups is 2. The summed E-state index contributed by atoms with van der Waals surface area (Å²) in [6.45, 7) is 0.247. The van der Waals surface area contributed by atoms with Crippen molar-refractivity contribution in [2.75, 3.05) is 6.79 Å². The molecule has 0 bridgehead atoms. The molecule has 6 heteroatoms. The SMILES string of the molecule is Cl.NC1CC(O)C(O)CC1c1ccc2c(c1)OCO2. The molecule has 1 aliphatic carbocycles. The lowest BCUT2D eigenvalue weighted by Gasteiger charge is -2.35. The van der Waals surface area contributed by atoms with Gasteiger partial charge in [0.1, 0.15) is 0 Å². The lowest BCUT2D eigenvalue weighted by molar-refractivity contribution is -0.0209. The number of benzene rings is 1. The van der Waals surface area contributed by atoms with Gasteiger partial charge < -0.3 is 25.4 Å². The second kappa shape index (κ2) is 5.54. The van der Waals surface area contributed by atoms with E-state index in [-0.39, 0.29) is 31.2 Å². The van der Waals surface area contributed by atoms with Crippen molar-refractivity contribution in [3.05, 3.63) is 23.8 Å². The Morgan fingerprint density at radius 1 is 1.05 bits per heavy atom. The van der Waals surface area contributed by atoms with Gasteiger partial charge in [-0.05, 0) is 30.5 Å². The summed E-state index contributed by atoms with van der Waals surface area (Å²) in [5.41, 5.74) is 7.09. The summed E-state index contributed by atoms with van der Waals surface area (Å²) in [5, 5.41) is 19.4. The summed E-state index contributed by atoms with van der Waals surface area (Å²) in [5.74, 6) is 1.50. The van der Waals surface area contributed by atoms with E-state index in [2.05, 4.69) is 0 Å². The van der Waals surface area contributed by atoms with Crippen LogP contribution in [0.4, 0.5) is 0 Å². The molecule has 1 aromatic rings. The van der Waals surface area contributed by atoms with Crippen molar-refractivity contribution in [3.8, 4) is 11.5 Å². The van der Waals surface area contributed by atoms with Gasteiger partial charge in [0.05, 0.1) is 12.2 Å². The van der Waals surface area contributed by atoms with Crippen molar-refractivity contribution in [2.45, 2.75) is 37.0 Å². The van der Waals surface area contributed by atoms with E-state index in [0.29, 0.717) is 12.8 Å². The Hall–Kier alpha value is -1.01. The molecular weight excluding hydrogens is 270 g/mol. The molecule has 2 aliphatic rings. The predicted molar refractivity (Wildman–Crippen MR) is 71.8 cm³/mol. The third-order valence-electron chi connectivity index (χ3n) is 3.79. The van der Waals surface area contributed by atoms with Crippen LogP contribution in [0.15, 0.2) is 18.2 Å². The highest BCUT2D eigenvalue weighted by molar-refractivity contribution is 5.85. The van der Waals surface area contributed by atoms with E-state index in [4.69, 9.17) is 15.2 Å². The van der Waals surface area contributed by atoms with Crippen LogP contribution in [-0.4, -0.2) is 35.3 Å². The molecule has 1 heterocycles. The Bertz CT molecular complexity index is 456. The number of rotatable bonds is 1. The summed E-state index contributed by atoms with van der Waals surface area (Å²) < 4.78 is 10.6. The van der Waals surface area contributed by atoms with Crippen LogP contribution in [0.3, 0.4) is 0 Å². The molecular formula is C13H18ClNO4. The Kier molecular flexibility index (Phi) is 4.20. The van der Waals surface area contributed by atoms with Crippen molar-refractivity contribution < 1.29 is 19.7 Å². The number of aliphatic hydroxyl groups excluding tert-OH is 2. The monoisotopic (exact) mass is 287 g/mol. The number of halogens is 1. The minimum atomic E-state index is -0.717. The highest BCUT2D eigenvalue weighted by Gasteiger charge is 2.34. The maximum Gasteiger partial charge on any atom is 0.231 e. The van der Waals surface area contributed by atoms with Crippen molar-refractivity contribution in [3.63, 3.8) is 0 Å². The fourth-order valence-corrected chi connectivity index (χ4v) is 2.72. The minimum Gasteiger partial charge on any atom is -0.454 e. The van der Waals surface area contributed by atoms with Gasteiger partial charge in [0.25, 0.3) is 0 Å². The number of hydrogen-bond donors (Lipinski definition) is 3. The van der Waals surface area contributed by atoms with Crippen LogP contribution in [0.2, 0.25) is 0 Å². The molecule has 4 unspecified atom stereocenters. The van der Waals surface area contributed by atoms with E-state index >= 15 is 0 Å². The molecule has 1 aliphatic heterocycles. The van der Waals surface area contributed by atoms with Gasteiger partial charge in [0, 0.05) is 12.0 Å². The molecule has 1 aromatic carbocycles. The molecule has 0 saturated heterocycles. The molecule has 19 heavy (non-hydrogen) atoms. The van der Waals surface area contributed by atoms with Gasteiger partial charge in [0.15, 0.2) is 11.5 Å². The normalized spacial score (nSPS) is 32.8. The third kappa shape index (κ3) is 2.65. The summed E-state index contributed by atoms with van der Waals surface area (Å²) >= 11 is 0. The smallest absolute Gasteiger partial charge is 0.231 e. The molecule has 106 valence electrons. The first-order chi connectivity index (χ1) is 8.65. The number of nitrogens with two attached hydrogens (primary N) is 1. The molecule has 4 N–H and O–H groups in total. The summed E-state index contributed by atoms with van der Waals surface area (Å²) in [4.78, 5) is 0. The summed E-state index contributed by atoms with van der Waals surface area (Å²) in [7, 11) is 0. The van der Waals surface area contributed by atoms with E-state index in [0.717, 1.165) is 17.1 Å². The van der Waals surface area contributed by atoms with Crippen LogP contribution in [0.25, 0.3) is 0 Å². The lowest BCUT2D eigenvalue weighted by atomic mass is 9.77. The van der Waals surface area contributed by atoms with Crippen LogP contribution in [0.1, 0.15) is 24.3 Å². The molecule has 3 rings (SSSR count). The van der Waals surface area contributed by atoms with Gasteiger partial charge in [-0.25, -0.2) is 0 Å². The highest BCUT2D eigenvalue weighted by atomic mass is 35.5. The topological polar surface area (TPSA) is 84.9 Å². The van der Waals surface area contributed by atoms with Gasteiger partial charge in [-0.3, -0.25) is 0 Å². The second-order valence-corrected chi connectivity index (χ2v) is 4.99. The maximum absolute atomic E-state index is 9.76. The van der Waals surface area contributed by atoms with Crippen molar-refractivity contribution in [1.82, 2.24) is 0 Å². The number of hydrogen-bond acceptors (Lipinski definition) is 5. The largest absolute Gasteiger partial charge is 0.454 e. The van der Waals surface area contributed by atoms with E-state index in [1.165, 1.54) is 0 Å². The van der Waals surface area contributed by atoms with Gasteiger partial charge >= 0.3 is 0 Å². The maximum atomic E-state index is 9.76. The molecule has 5 nitrogen and oxygen atoms in total. The van der Waals surface area contributed by atoms with E-state index in [9.17, 15) is 10.2 Å². The molecule has 1 fully saturated rings. The van der Waals surface area contributed by atoms with E-state index in [1.807, 2.05) is 18.2 Å². The molecule has 0 aromatic heterocycles. The highest BCUT2D eigenvalue weighted by Crippen LogP contribution is 2.38. The molecule has 0 spiro atoms. The van der Waals surface area contributed by atoms with Crippen molar-refractivity contribution in [2.24, 2.45) is 5.73 Å². The Morgan fingerprint density at radius 2 is 1.74 bits per heavy atom. The van der Waals surface area contributed by atoms with Crippen molar-refractivity contribution in [1.29, 1.82) is 0 Å². The zero-order valence-electron chi connectivity index (χ0n) is 10.4. The lowest BCUT2D eigenvalue weighted by Crippen LogP contribution is -2.44. The van der Waals surface area contributed by atoms with Crippen LogP contribution in [0.5, 0.6) is 11.5 Å². The average Bonchev–Trinajstić information content (AvgIpc) is 2.80. The van der Waals surface area contributed by atoms with Gasteiger partial charge in [-0.2, -0.15) is 0 Å². The van der Waals surface area contributed by atoms with Gasteiger partial charge in [-0.1, -0.05) is 6.07 Å². The third-order valence-corrected chi connectivity index (χ3v) is 3.79. The van der Waals surface area contributed by atoms with E-state index < -0.39 is 12.2 Å². The number of fused-ring (bicyclic) bond motifs is 1. The van der Waals surface area contributed by atoms with Gasteiger partial charge in [0.2, 0.25) is 6.79 Å². The zero-order chi connectivity index (χ0) is 12.7. The fraction of sp³-hybridized carbons (Fsp3) is 0.538. The minimum absolute atomic E-state index is 0. The first-order valence-electron chi connectivity index (χ1n) is 6.16. The van der Waals surface area contributed by atoms with Crippen LogP contribution < -0.4 is 15.2 Å². The zero-order valence-corrected chi connectivity index (χ0v) is 11.2. The summed E-state index contributed by atoms with van der Waals surface area (Å²) in [6, 6.07) is 5.57. The Morgan fingerprint density at radius 3 is 2.53 bits per heavy atom. The molecule has 1 saturated carbocycles. The number of ether oxygens (including phenoxy) is 2. The van der Waals surface area contributed by atoms with E-state index in [1.54, 1.807) is 0 Å². The molecule has 0 radical (unpaired) electrons. The Balaban J connectivity index is 0.00000133. The molecule has 4 atom stereocenters. The average molecular weight is 288 g/mol. The van der Waals surface area contributed by atoms with Gasteiger partial charge in [-0.15, -0.1) is 12.4 Å². The van der Waals surface area contributed by atoms with Crippen LogP contribution in [0, 0.1) is 0 Å². The standard InChI is InChI=1S/C13H17NO4.ClH/c14-9-5-11(16)10(15)4-8(9)7-1-2-12-13(3-7)18-6-17-12;/h1-3,8-11,15-16H,4-6,14H2;1H. The molecule has 0 amide bonds. The van der Waals surface area contributed by atoms with Crippen LogP contribution in [-0.2, 0) is 0 Å². The first-order valence-corrected chi connectivity index (χ1v) is 6.16. The Labute approximate surface area is 117 Å². The second-order valence-electron chi connectivity index (χ2n) is 4.99. The summed E-state index contributed by atoms with van der Waals surface area (Å²) in [6.07, 6.45) is -0.534. The predicted octanol–water partition coefficient (Wildman–Crippen LogP) is 0.764. The van der Waals surface area contributed by atoms with Crippen molar-refractivity contribution >= 4 is 12.4 Å². The fourth-order valence-electron chi connectivity index (χ4n) is 2.72. The first kappa shape index (κ1) is 14.4.